The van der Waals surface area contributed by atoms with Gasteiger partial charge in [0.2, 0.25) is 0 Å². The lowest BCUT2D eigenvalue weighted by molar-refractivity contribution is 0.341. The van der Waals surface area contributed by atoms with Gasteiger partial charge in [-0.05, 0) is 65.2 Å². The normalized spacial score (nSPS) is 24.3. The summed E-state index contributed by atoms with van der Waals surface area (Å²) in [6.07, 6.45) is 6.71. The third-order valence-electron chi connectivity index (χ3n) is 4.25. The van der Waals surface area contributed by atoms with E-state index in [4.69, 9.17) is 0 Å². The van der Waals surface area contributed by atoms with Gasteiger partial charge in [-0.1, -0.05) is 42.6 Å². The van der Waals surface area contributed by atoms with Crippen LogP contribution in [0.1, 0.15) is 46.0 Å². The summed E-state index contributed by atoms with van der Waals surface area (Å²) >= 11 is 7.14. The first-order chi connectivity index (χ1) is 9.06. The maximum absolute atomic E-state index is 3.71. The minimum absolute atomic E-state index is 0.626. The molecule has 1 saturated carbocycles. The molecule has 2 atom stereocenters. The largest absolute Gasteiger partial charge is 0.381 e. The Morgan fingerprint density at radius 1 is 1.11 bits per heavy atom. The van der Waals surface area contributed by atoms with Gasteiger partial charge in [0.05, 0.1) is 0 Å². The van der Waals surface area contributed by atoms with Crippen molar-refractivity contribution in [1.29, 1.82) is 0 Å². The van der Waals surface area contributed by atoms with E-state index >= 15 is 0 Å². The van der Waals surface area contributed by atoms with Crippen molar-refractivity contribution in [3.05, 3.63) is 27.1 Å². The molecule has 0 amide bonds. The number of halogens is 2. The van der Waals surface area contributed by atoms with Gasteiger partial charge in [-0.15, -0.1) is 0 Å². The summed E-state index contributed by atoms with van der Waals surface area (Å²) in [6, 6.07) is 6.98. The van der Waals surface area contributed by atoms with Crippen LogP contribution < -0.4 is 5.32 Å². The highest BCUT2D eigenvalue weighted by Gasteiger charge is 2.21. The molecule has 0 aliphatic heterocycles. The molecular formula is C16H23Br2N. The summed E-state index contributed by atoms with van der Waals surface area (Å²) in [7, 11) is 0. The van der Waals surface area contributed by atoms with E-state index in [0.29, 0.717) is 6.04 Å². The minimum atomic E-state index is 0.626. The second-order valence-electron chi connectivity index (χ2n) is 5.98. The standard InChI is InChI=1S/C16H23Br2N/c1-11(2)12-4-3-5-14(8-6-12)19-16-9-7-13(17)10-15(16)18/h7,9-12,14,19H,3-6,8H2,1-2H3. The lowest BCUT2D eigenvalue weighted by Crippen LogP contribution is -2.19. The fourth-order valence-corrected chi connectivity index (χ4v) is 4.13. The van der Waals surface area contributed by atoms with Gasteiger partial charge >= 0.3 is 0 Å². The van der Waals surface area contributed by atoms with Gasteiger partial charge in [-0.2, -0.15) is 0 Å². The van der Waals surface area contributed by atoms with Crippen LogP contribution in [0.25, 0.3) is 0 Å². The van der Waals surface area contributed by atoms with Crippen LogP contribution in [0.2, 0.25) is 0 Å². The van der Waals surface area contributed by atoms with Crippen molar-refractivity contribution in [3.63, 3.8) is 0 Å². The fourth-order valence-electron chi connectivity index (χ4n) is 2.97. The molecule has 1 aromatic rings. The molecule has 1 fully saturated rings. The SMILES string of the molecule is CC(C)C1CCCC(Nc2ccc(Br)cc2Br)CC1. The van der Waals surface area contributed by atoms with Gasteiger partial charge in [-0.25, -0.2) is 0 Å². The quantitative estimate of drug-likeness (QED) is 0.605. The monoisotopic (exact) mass is 387 g/mol. The van der Waals surface area contributed by atoms with Crippen molar-refractivity contribution < 1.29 is 0 Å². The predicted octanol–water partition coefficient (Wildman–Crippen LogP) is 6.23. The van der Waals surface area contributed by atoms with Crippen LogP contribution in [0.5, 0.6) is 0 Å². The Morgan fingerprint density at radius 2 is 1.89 bits per heavy atom. The van der Waals surface area contributed by atoms with Crippen molar-refractivity contribution in [3.8, 4) is 0 Å². The average Bonchev–Trinajstić information content (AvgIpc) is 2.58. The summed E-state index contributed by atoms with van der Waals surface area (Å²) in [6.45, 7) is 4.73. The molecule has 0 radical (unpaired) electrons. The van der Waals surface area contributed by atoms with Gasteiger partial charge in [0.1, 0.15) is 0 Å². The van der Waals surface area contributed by atoms with E-state index < -0.39 is 0 Å². The second kappa shape index (κ2) is 7.12. The zero-order valence-electron chi connectivity index (χ0n) is 11.8. The first kappa shape index (κ1) is 15.4. The van der Waals surface area contributed by atoms with Crippen LogP contribution >= 0.6 is 31.9 Å². The molecule has 1 nitrogen and oxygen atoms in total. The summed E-state index contributed by atoms with van der Waals surface area (Å²) in [5.41, 5.74) is 1.22. The van der Waals surface area contributed by atoms with Crippen LogP contribution in [0.4, 0.5) is 5.69 Å². The molecule has 0 heterocycles. The third kappa shape index (κ3) is 4.49. The molecule has 1 aliphatic rings. The van der Waals surface area contributed by atoms with E-state index in [1.54, 1.807) is 0 Å². The molecule has 1 aromatic carbocycles. The minimum Gasteiger partial charge on any atom is -0.381 e. The Balaban J connectivity index is 1.96. The number of benzene rings is 1. The number of hydrogen-bond acceptors (Lipinski definition) is 1. The highest BCUT2D eigenvalue weighted by molar-refractivity contribution is 9.11. The average molecular weight is 389 g/mol. The summed E-state index contributed by atoms with van der Waals surface area (Å²) in [4.78, 5) is 0. The van der Waals surface area contributed by atoms with E-state index in [2.05, 4.69) is 69.2 Å². The number of rotatable bonds is 3. The lowest BCUT2D eigenvalue weighted by atomic mass is 9.89. The van der Waals surface area contributed by atoms with Crippen LogP contribution in [-0.2, 0) is 0 Å². The first-order valence-corrected chi connectivity index (χ1v) is 8.86. The fraction of sp³-hybridized carbons (Fsp3) is 0.625. The van der Waals surface area contributed by atoms with Gasteiger partial charge in [0.25, 0.3) is 0 Å². The maximum Gasteiger partial charge on any atom is 0.0487 e. The molecule has 106 valence electrons. The second-order valence-corrected chi connectivity index (χ2v) is 7.75. The summed E-state index contributed by atoms with van der Waals surface area (Å²) < 4.78 is 2.26. The molecule has 2 unspecified atom stereocenters. The molecule has 3 heteroatoms. The maximum atomic E-state index is 3.71. The Morgan fingerprint density at radius 3 is 2.58 bits per heavy atom. The Bertz CT molecular complexity index is 417. The molecule has 1 N–H and O–H groups in total. The molecule has 19 heavy (non-hydrogen) atoms. The summed E-state index contributed by atoms with van der Waals surface area (Å²) in [5, 5.41) is 3.71. The Kier molecular flexibility index (Phi) is 5.76. The van der Waals surface area contributed by atoms with Crippen molar-refractivity contribution in [2.75, 3.05) is 5.32 Å². The van der Waals surface area contributed by atoms with Gasteiger partial charge in [-0.3, -0.25) is 0 Å². The molecule has 0 aromatic heterocycles. The summed E-state index contributed by atoms with van der Waals surface area (Å²) in [5.74, 6) is 1.75. The topological polar surface area (TPSA) is 12.0 Å². The zero-order chi connectivity index (χ0) is 13.8. The number of anilines is 1. The zero-order valence-corrected chi connectivity index (χ0v) is 14.9. The number of nitrogens with one attached hydrogen (secondary N) is 1. The smallest absolute Gasteiger partial charge is 0.0487 e. The van der Waals surface area contributed by atoms with Gasteiger partial charge < -0.3 is 5.32 Å². The first-order valence-electron chi connectivity index (χ1n) is 7.28. The molecule has 1 aliphatic carbocycles. The van der Waals surface area contributed by atoms with Crippen molar-refractivity contribution in [2.45, 2.75) is 52.0 Å². The van der Waals surface area contributed by atoms with E-state index in [-0.39, 0.29) is 0 Å². The van der Waals surface area contributed by atoms with Gasteiger partial charge in [0.15, 0.2) is 0 Å². The van der Waals surface area contributed by atoms with E-state index in [9.17, 15) is 0 Å². The van der Waals surface area contributed by atoms with Crippen molar-refractivity contribution >= 4 is 37.5 Å². The Hall–Kier alpha value is -0.0200. The Labute approximate surface area is 133 Å². The molecule has 2 rings (SSSR count). The van der Waals surface area contributed by atoms with Crippen molar-refractivity contribution in [1.82, 2.24) is 0 Å². The third-order valence-corrected chi connectivity index (χ3v) is 5.40. The lowest BCUT2D eigenvalue weighted by Gasteiger charge is -2.20. The van der Waals surface area contributed by atoms with Gasteiger partial charge in [0, 0.05) is 20.7 Å². The highest BCUT2D eigenvalue weighted by Crippen LogP contribution is 2.32. The molecule has 0 bridgehead atoms. The van der Waals surface area contributed by atoms with E-state index in [0.717, 1.165) is 20.8 Å². The highest BCUT2D eigenvalue weighted by atomic mass is 79.9. The van der Waals surface area contributed by atoms with Crippen LogP contribution in [0.3, 0.4) is 0 Å². The van der Waals surface area contributed by atoms with E-state index in [1.165, 1.54) is 37.8 Å². The predicted molar refractivity (Wildman–Crippen MR) is 90.7 cm³/mol. The van der Waals surface area contributed by atoms with Crippen LogP contribution in [0, 0.1) is 11.8 Å². The van der Waals surface area contributed by atoms with Crippen LogP contribution in [-0.4, -0.2) is 6.04 Å². The number of hydrogen-bond donors (Lipinski definition) is 1. The van der Waals surface area contributed by atoms with E-state index in [1.807, 2.05) is 0 Å². The molecular weight excluding hydrogens is 366 g/mol. The van der Waals surface area contributed by atoms with Crippen molar-refractivity contribution in [2.24, 2.45) is 11.8 Å². The van der Waals surface area contributed by atoms with Crippen LogP contribution in [0.15, 0.2) is 27.1 Å². The molecule has 0 saturated heterocycles. The molecule has 0 spiro atoms.